The first kappa shape index (κ1) is 13.6. The Labute approximate surface area is 118 Å². The molecular formula is C11H10ClN3O3S. The van der Waals surface area contributed by atoms with Gasteiger partial charge in [-0.2, -0.15) is 0 Å². The molecule has 0 spiro atoms. The summed E-state index contributed by atoms with van der Waals surface area (Å²) >= 11 is 6.93. The fraction of sp³-hybridized carbons (Fsp3) is 0.182. The Morgan fingerprint density at radius 3 is 2.89 bits per heavy atom. The fourth-order valence-corrected chi connectivity index (χ4v) is 1.98. The summed E-state index contributed by atoms with van der Waals surface area (Å²) < 4.78 is 14.7. The molecule has 0 bridgehead atoms. The van der Waals surface area contributed by atoms with E-state index in [1.165, 1.54) is 13.2 Å². The highest BCUT2D eigenvalue weighted by atomic mass is 35.5. The molecule has 1 aromatic heterocycles. The summed E-state index contributed by atoms with van der Waals surface area (Å²) in [6.07, 6.45) is 0. The zero-order valence-corrected chi connectivity index (χ0v) is 11.5. The van der Waals surface area contributed by atoms with E-state index in [2.05, 4.69) is 9.59 Å². The number of methoxy groups -OCH3 is 1. The van der Waals surface area contributed by atoms with Gasteiger partial charge in [0.15, 0.2) is 0 Å². The van der Waals surface area contributed by atoms with Crippen LogP contribution in [0, 0.1) is 0 Å². The number of nitrogens with zero attached hydrogens (tertiary/aromatic N) is 2. The first-order chi connectivity index (χ1) is 9.11. The van der Waals surface area contributed by atoms with Gasteiger partial charge in [-0.05, 0) is 12.1 Å². The Morgan fingerprint density at radius 2 is 2.32 bits per heavy atom. The van der Waals surface area contributed by atoms with Crippen LogP contribution in [0.1, 0.15) is 16.1 Å². The van der Waals surface area contributed by atoms with E-state index in [1.807, 2.05) is 0 Å². The number of primary amides is 1. The lowest BCUT2D eigenvalue weighted by Gasteiger charge is -2.10. The molecule has 1 aromatic carbocycles. The molecule has 0 unspecified atom stereocenters. The van der Waals surface area contributed by atoms with Crippen LogP contribution >= 0.6 is 23.1 Å². The zero-order chi connectivity index (χ0) is 13.8. The maximum absolute atomic E-state index is 11.3. The van der Waals surface area contributed by atoms with Gasteiger partial charge in [-0.25, -0.2) is 0 Å². The van der Waals surface area contributed by atoms with Crippen LogP contribution in [0.5, 0.6) is 11.5 Å². The van der Waals surface area contributed by atoms with E-state index in [0.29, 0.717) is 21.5 Å². The van der Waals surface area contributed by atoms with Crippen molar-refractivity contribution < 1.29 is 14.3 Å². The molecule has 0 atom stereocenters. The molecule has 0 radical (unpaired) electrons. The average Bonchev–Trinajstić information content (AvgIpc) is 2.81. The fourth-order valence-electron chi connectivity index (χ4n) is 1.38. The summed E-state index contributed by atoms with van der Waals surface area (Å²) in [5, 5.41) is 3.81. The van der Waals surface area contributed by atoms with Crippen molar-refractivity contribution in [2.24, 2.45) is 5.73 Å². The smallest absolute Gasteiger partial charge is 0.252 e. The number of carbonyl (C=O) groups is 1. The second-order valence-corrected chi connectivity index (χ2v) is 4.86. The maximum atomic E-state index is 11.3. The van der Waals surface area contributed by atoms with Crippen LogP contribution in [0.4, 0.5) is 0 Å². The molecule has 2 rings (SSSR count). The van der Waals surface area contributed by atoms with Crippen LogP contribution in [0.25, 0.3) is 0 Å². The van der Waals surface area contributed by atoms with Crippen molar-refractivity contribution in [1.29, 1.82) is 0 Å². The molecule has 100 valence electrons. The Kier molecular flexibility index (Phi) is 4.18. The summed E-state index contributed by atoms with van der Waals surface area (Å²) in [7, 11) is 1.52. The number of carbonyl (C=O) groups excluding carboxylic acids is 1. The molecule has 1 amide bonds. The highest BCUT2D eigenvalue weighted by Crippen LogP contribution is 2.26. The van der Waals surface area contributed by atoms with Crippen molar-refractivity contribution in [2.75, 3.05) is 7.11 Å². The van der Waals surface area contributed by atoms with Gasteiger partial charge in [-0.1, -0.05) is 16.1 Å². The lowest BCUT2D eigenvalue weighted by molar-refractivity contribution is 0.0996. The van der Waals surface area contributed by atoms with Crippen molar-refractivity contribution in [3.05, 3.63) is 33.8 Å². The van der Waals surface area contributed by atoms with Gasteiger partial charge in [0.2, 0.25) is 0 Å². The summed E-state index contributed by atoms with van der Waals surface area (Å²) in [4.78, 5) is 11.3. The number of halogens is 1. The van der Waals surface area contributed by atoms with Crippen LogP contribution in [-0.4, -0.2) is 22.6 Å². The maximum Gasteiger partial charge on any atom is 0.252 e. The Hall–Kier alpha value is -1.86. The summed E-state index contributed by atoms with van der Waals surface area (Å²) in [6.45, 7) is 0.1000. The predicted molar refractivity (Wildman–Crippen MR) is 70.8 cm³/mol. The van der Waals surface area contributed by atoms with E-state index in [1.54, 1.807) is 12.1 Å². The third-order valence-electron chi connectivity index (χ3n) is 2.33. The van der Waals surface area contributed by atoms with Crippen molar-refractivity contribution in [3.8, 4) is 11.5 Å². The van der Waals surface area contributed by atoms with Crippen molar-refractivity contribution in [2.45, 2.75) is 6.61 Å². The molecule has 19 heavy (non-hydrogen) atoms. The van der Waals surface area contributed by atoms with E-state index in [9.17, 15) is 4.79 Å². The van der Waals surface area contributed by atoms with Crippen molar-refractivity contribution >= 4 is 29.0 Å². The minimum atomic E-state index is -0.583. The first-order valence-corrected chi connectivity index (χ1v) is 6.34. The number of hydrogen-bond acceptors (Lipinski definition) is 6. The summed E-state index contributed by atoms with van der Waals surface area (Å²) in [6, 6.07) is 4.75. The highest BCUT2D eigenvalue weighted by Gasteiger charge is 2.13. The number of aromatic nitrogens is 2. The minimum Gasteiger partial charge on any atom is -0.497 e. The Balaban J connectivity index is 2.22. The van der Waals surface area contributed by atoms with Crippen LogP contribution < -0.4 is 15.2 Å². The molecule has 6 nitrogen and oxygen atoms in total. The van der Waals surface area contributed by atoms with Gasteiger partial charge in [0.05, 0.1) is 12.7 Å². The van der Waals surface area contributed by atoms with E-state index in [4.69, 9.17) is 26.8 Å². The van der Waals surface area contributed by atoms with E-state index in [-0.39, 0.29) is 12.2 Å². The lowest BCUT2D eigenvalue weighted by atomic mass is 10.2. The molecule has 0 saturated carbocycles. The number of hydrogen-bond donors (Lipinski definition) is 1. The summed E-state index contributed by atoms with van der Waals surface area (Å²) in [5.41, 5.74) is 6.04. The number of amides is 1. The Bertz CT molecular complexity index is 603. The van der Waals surface area contributed by atoms with E-state index in [0.717, 1.165) is 11.5 Å². The third kappa shape index (κ3) is 3.12. The third-order valence-corrected chi connectivity index (χ3v) is 3.31. The highest BCUT2D eigenvalue weighted by molar-refractivity contribution is 7.10. The van der Waals surface area contributed by atoms with Gasteiger partial charge in [0.25, 0.3) is 5.91 Å². The molecule has 1 heterocycles. The molecule has 0 aliphatic rings. The molecule has 0 saturated heterocycles. The number of rotatable bonds is 5. The molecule has 2 aromatic rings. The molecule has 2 N–H and O–H groups in total. The van der Waals surface area contributed by atoms with E-state index < -0.39 is 5.91 Å². The van der Waals surface area contributed by atoms with E-state index >= 15 is 0 Å². The molecule has 0 aliphatic carbocycles. The second-order valence-electron chi connectivity index (χ2n) is 3.51. The first-order valence-electron chi connectivity index (χ1n) is 5.19. The average molecular weight is 300 g/mol. The Morgan fingerprint density at radius 1 is 1.53 bits per heavy atom. The van der Waals surface area contributed by atoms with Crippen LogP contribution in [0.3, 0.4) is 0 Å². The second kappa shape index (κ2) is 5.85. The number of nitrogens with two attached hydrogens (primary N) is 1. The monoisotopic (exact) mass is 299 g/mol. The molecule has 0 aliphatic heterocycles. The lowest BCUT2D eigenvalue weighted by Crippen LogP contribution is -2.13. The van der Waals surface area contributed by atoms with Crippen molar-refractivity contribution in [3.63, 3.8) is 0 Å². The number of ether oxygens (including phenoxy) is 2. The SMILES string of the molecule is COc1ccc(C(N)=O)c(OCc2nnsc2Cl)c1. The topological polar surface area (TPSA) is 87.3 Å². The molecule has 8 heteroatoms. The zero-order valence-electron chi connectivity index (χ0n) is 9.92. The normalized spacial score (nSPS) is 10.2. The van der Waals surface area contributed by atoms with Crippen molar-refractivity contribution in [1.82, 2.24) is 9.59 Å². The quantitative estimate of drug-likeness (QED) is 0.910. The van der Waals surface area contributed by atoms with Crippen LogP contribution in [0.15, 0.2) is 18.2 Å². The van der Waals surface area contributed by atoms with Gasteiger partial charge in [0.1, 0.15) is 28.1 Å². The van der Waals surface area contributed by atoms with Gasteiger partial charge in [-0.15, -0.1) is 5.10 Å². The summed E-state index contributed by atoms with van der Waals surface area (Å²) in [5.74, 6) is 0.290. The number of benzene rings is 1. The van der Waals surface area contributed by atoms with Gasteiger partial charge < -0.3 is 15.2 Å². The minimum absolute atomic E-state index is 0.1000. The van der Waals surface area contributed by atoms with Gasteiger partial charge in [0, 0.05) is 17.6 Å². The molecular weight excluding hydrogens is 290 g/mol. The largest absolute Gasteiger partial charge is 0.497 e. The van der Waals surface area contributed by atoms with Crippen LogP contribution in [0.2, 0.25) is 4.34 Å². The van der Waals surface area contributed by atoms with Gasteiger partial charge >= 0.3 is 0 Å². The standard InChI is InChI=1S/C11H10ClN3O3S/c1-17-6-2-3-7(11(13)16)9(4-6)18-5-8-10(12)19-15-14-8/h2-4H,5H2,1H3,(H2,13,16). The predicted octanol–water partition coefficient (Wildman–Crippen LogP) is 1.88. The molecule has 0 fully saturated rings. The van der Waals surface area contributed by atoms with Gasteiger partial charge in [-0.3, -0.25) is 4.79 Å². The van der Waals surface area contributed by atoms with Crippen LogP contribution in [-0.2, 0) is 6.61 Å².